The molecule has 1 nitrogen and oxygen atoms in total. The van der Waals surface area contributed by atoms with Gasteiger partial charge in [-0.05, 0) is 71.6 Å². The zero-order chi connectivity index (χ0) is 19.0. The molecule has 0 aliphatic heterocycles. The summed E-state index contributed by atoms with van der Waals surface area (Å²) in [5.41, 5.74) is 3.72. The van der Waals surface area contributed by atoms with Crippen LogP contribution in [-0.4, -0.2) is 5.11 Å². The van der Waals surface area contributed by atoms with Gasteiger partial charge in [-0.2, -0.15) is 0 Å². The van der Waals surface area contributed by atoms with E-state index in [1.54, 1.807) is 12.1 Å². The normalized spacial score (nSPS) is 21.7. The lowest BCUT2D eigenvalue weighted by Gasteiger charge is -2.38. The van der Waals surface area contributed by atoms with Crippen LogP contribution >= 0.6 is 0 Å². The molecule has 3 heteroatoms. The van der Waals surface area contributed by atoms with Crippen molar-refractivity contribution in [3.05, 3.63) is 101 Å². The average Bonchev–Trinajstić information content (AvgIpc) is 2.67. The van der Waals surface area contributed by atoms with Crippen LogP contribution in [0.5, 0.6) is 5.75 Å². The van der Waals surface area contributed by atoms with E-state index in [0.29, 0.717) is 6.42 Å². The van der Waals surface area contributed by atoms with Crippen molar-refractivity contribution >= 4 is 0 Å². The van der Waals surface area contributed by atoms with Gasteiger partial charge in [0.2, 0.25) is 0 Å². The van der Waals surface area contributed by atoms with Gasteiger partial charge in [-0.3, -0.25) is 0 Å². The van der Waals surface area contributed by atoms with Crippen LogP contribution in [0.15, 0.2) is 66.7 Å². The van der Waals surface area contributed by atoms with Crippen LogP contribution in [0.1, 0.15) is 41.0 Å². The minimum absolute atomic E-state index is 0.0279. The van der Waals surface area contributed by atoms with Gasteiger partial charge in [0.1, 0.15) is 17.4 Å². The number of rotatable bonds is 3. The second kappa shape index (κ2) is 7.15. The molecule has 4 rings (SSSR count). The summed E-state index contributed by atoms with van der Waals surface area (Å²) in [6, 6.07) is 19.6. The molecule has 27 heavy (non-hydrogen) atoms. The monoisotopic (exact) mass is 364 g/mol. The molecule has 0 aromatic heterocycles. The Morgan fingerprint density at radius 1 is 0.889 bits per heavy atom. The van der Waals surface area contributed by atoms with E-state index in [1.807, 2.05) is 24.3 Å². The fourth-order valence-corrected chi connectivity index (χ4v) is 4.45. The summed E-state index contributed by atoms with van der Waals surface area (Å²) in [5.74, 6) is -0.241. The van der Waals surface area contributed by atoms with E-state index in [9.17, 15) is 13.9 Å². The zero-order valence-electron chi connectivity index (χ0n) is 15.2. The molecule has 0 saturated heterocycles. The molecule has 3 aromatic rings. The van der Waals surface area contributed by atoms with E-state index >= 15 is 0 Å². The standard InChI is InChI=1S/C24H22F2O/c1-15-20(16-9-11-18(27)12-10-16)13-17-5-2-3-6-19(17)21(15)14-22-23(25)7-4-8-24(22)26/h2-12,15,20-21,27H,13-14H2,1H3. The van der Waals surface area contributed by atoms with Gasteiger partial charge in [0.15, 0.2) is 0 Å². The first-order chi connectivity index (χ1) is 13.0. The van der Waals surface area contributed by atoms with Crippen LogP contribution in [0.3, 0.4) is 0 Å². The average molecular weight is 364 g/mol. The summed E-state index contributed by atoms with van der Waals surface area (Å²) in [6.45, 7) is 2.16. The molecule has 0 saturated carbocycles. The van der Waals surface area contributed by atoms with Crippen LogP contribution in [0.4, 0.5) is 8.78 Å². The van der Waals surface area contributed by atoms with E-state index in [1.165, 1.54) is 29.3 Å². The van der Waals surface area contributed by atoms with Crippen LogP contribution in [0, 0.1) is 17.6 Å². The molecule has 0 heterocycles. The molecule has 3 aromatic carbocycles. The first kappa shape index (κ1) is 17.7. The van der Waals surface area contributed by atoms with Crippen molar-refractivity contribution in [3.8, 4) is 5.75 Å². The fourth-order valence-electron chi connectivity index (χ4n) is 4.45. The summed E-state index contributed by atoms with van der Waals surface area (Å²) in [7, 11) is 0. The number of aromatic hydroxyl groups is 1. The summed E-state index contributed by atoms with van der Waals surface area (Å²) in [4.78, 5) is 0. The van der Waals surface area contributed by atoms with Crippen molar-refractivity contribution < 1.29 is 13.9 Å². The first-order valence-electron chi connectivity index (χ1n) is 9.34. The minimum Gasteiger partial charge on any atom is -0.508 e. The Labute approximate surface area is 158 Å². The Morgan fingerprint density at radius 2 is 1.56 bits per heavy atom. The van der Waals surface area contributed by atoms with Gasteiger partial charge in [0, 0.05) is 5.56 Å². The molecule has 1 aliphatic rings. The maximum atomic E-state index is 14.3. The van der Waals surface area contributed by atoms with Crippen LogP contribution in [0.25, 0.3) is 0 Å². The van der Waals surface area contributed by atoms with E-state index in [0.717, 1.165) is 12.0 Å². The third-order valence-electron chi connectivity index (χ3n) is 5.97. The highest BCUT2D eigenvalue weighted by Crippen LogP contribution is 2.46. The zero-order valence-corrected chi connectivity index (χ0v) is 15.2. The third-order valence-corrected chi connectivity index (χ3v) is 5.97. The number of phenolic OH excluding ortho intramolecular Hbond substituents is 1. The van der Waals surface area contributed by atoms with Crippen LogP contribution < -0.4 is 0 Å². The molecule has 1 N–H and O–H groups in total. The number of phenols is 1. The SMILES string of the molecule is CC1C(c2ccc(O)cc2)Cc2ccccc2C1Cc1c(F)cccc1F. The number of fused-ring (bicyclic) bond motifs is 1. The van der Waals surface area contributed by atoms with Gasteiger partial charge in [0.25, 0.3) is 0 Å². The molecule has 0 radical (unpaired) electrons. The van der Waals surface area contributed by atoms with Gasteiger partial charge < -0.3 is 5.11 Å². The number of benzene rings is 3. The Hall–Kier alpha value is -2.68. The third kappa shape index (κ3) is 3.34. The summed E-state index contributed by atoms with van der Waals surface area (Å²) < 4.78 is 28.6. The Balaban J connectivity index is 1.75. The van der Waals surface area contributed by atoms with E-state index in [-0.39, 0.29) is 29.1 Å². The molecule has 138 valence electrons. The van der Waals surface area contributed by atoms with Crippen molar-refractivity contribution in [3.63, 3.8) is 0 Å². The van der Waals surface area contributed by atoms with Crippen molar-refractivity contribution in [2.45, 2.75) is 31.6 Å². The predicted octanol–water partition coefficient (Wildman–Crippen LogP) is 5.97. The smallest absolute Gasteiger partial charge is 0.129 e. The van der Waals surface area contributed by atoms with E-state index in [2.05, 4.69) is 19.1 Å². The van der Waals surface area contributed by atoms with Crippen molar-refractivity contribution in [1.29, 1.82) is 0 Å². The lowest BCUT2D eigenvalue weighted by molar-refractivity contribution is 0.343. The molecule has 3 atom stereocenters. The quantitative estimate of drug-likeness (QED) is 0.607. The maximum Gasteiger partial charge on any atom is 0.129 e. The molecule has 0 spiro atoms. The highest BCUT2D eigenvalue weighted by atomic mass is 19.1. The molecule has 1 aliphatic carbocycles. The fraction of sp³-hybridized carbons (Fsp3) is 0.250. The van der Waals surface area contributed by atoms with E-state index in [4.69, 9.17) is 0 Å². The number of hydrogen-bond acceptors (Lipinski definition) is 1. The molecule has 0 fully saturated rings. The van der Waals surface area contributed by atoms with Crippen LogP contribution in [0.2, 0.25) is 0 Å². The summed E-state index contributed by atoms with van der Waals surface area (Å²) in [5, 5.41) is 9.60. The molecular formula is C24H22F2O. The second-order valence-corrected chi connectivity index (χ2v) is 7.47. The Bertz CT molecular complexity index is 929. The van der Waals surface area contributed by atoms with E-state index < -0.39 is 11.6 Å². The lowest BCUT2D eigenvalue weighted by atomic mass is 9.66. The lowest BCUT2D eigenvalue weighted by Crippen LogP contribution is -2.28. The van der Waals surface area contributed by atoms with Crippen molar-refractivity contribution in [2.24, 2.45) is 5.92 Å². The second-order valence-electron chi connectivity index (χ2n) is 7.47. The Morgan fingerprint density at radius 3 is 2.26 bits per heavy atom. The van der Waals surface area contributed by atoms with Gasteiger partial charge in [0.05, 0.1) is 0 Å². The van der Waals surface area contributed by atoms with Crippen LogP contribution in [-0.2, 0) is 12.8 Å². The molecule has 0 amide bonds. The van der Waals surface area contributed by atoms with Gasteiger partial charge in [-0.15, -0.1) is 0 Å². The van der Waals surface area contributed by atoms with Crippen molar-refractivity contribution in [1.82, 2.24) is 0 Å². The van der Waals surface area contributed by atoms with Gasteiger partial charge in [-0.1, -0.05) is 49.4 Å². The highest BCUT2D eigenvalue weighted by Gasteiger charge is 2.35. The minimum atomic E-state index is -0.480. The topological polar surface area (TPSA) is 20.2 Å². The van der Waals surface area contributed by atoms with Gasteiger partial charge >= 0.3 is 0 Å². The highest BCUT2D eigenvalue weighted by molar-refractivity contribution is 5.40. The maximum absolute atomic E-state index is 14.3. The first-order valence-corrected chi connectivity index (χ1v) is 9.34. The predicted molar refractivity (Wildman–Crippen MR) is 103 cm³/mol. The molecule has 0 bridgehead atoms. The summed E-state index contributed by atoms with van der Waals surface area (Å²) >= 11 is 0. The van der Waals surface area contributed by atoms with Crippen molar-refractivity contribution in [2.75, 3.05) is 0 Å². The molecular weight excluding hydrogens is 342 g/mol. The number of halogens is 2. The summed E-state index contributed by atoms with van der Waals surface area (Å²) in [6.07, 6.45) is 1.23. The largest absolute Gasteiger partial charge is 0.508 e. The Kier molecular flexibility index (Phi) is 4.69. The van der Waals surface area contributed by atoms with Gasteiger partial charge in [-0.25, -0.2) is 8.78 Å². The number of hydrogen-bond donors (Lipinski definition) is 1. The molecule has 3 unspecified atom stereocenters.